The number of nitrogens with zero attached hydrogens (tertiary/aromatic N) is 2. The van der Waals surface area contributed by atoms with Gasteiger partial charge in [-0.15, -0.1) is 0 Å². The van der Waals surface area contributed by atoms with Crippen LogP contribution in [-0.2, 0) is 17.6 Å². The van der Waals surface area contributed by atoms with Gasteiger partial charge in [0, 0.05) is 51.1 Å². The summed E-state index contributed by atoms with van der Waals surface area (Å²) in [6.07, 6.45) is 3.53. The molecular formula is C19H25N5O. The molecule has 6 heteroatoms. The molecule has 0 atom stereocenters. The zero-order chi connectivity index (χ0) is 17.9. The minimum absolute atomic E-state index is 0.0602. The molecule has 1 aromatic carbocycles. The standard InChI is InChI=1S/C19H25N5O/c1-15(25)24-18-8-6-16(7-9-18)10-13-22-19(20-2)23-14-11-17-5-3-4-12-21-17/h3-9,12H,10-11,13-14H2,1-2H3,(H,24,25)(H2,20,22,23). The number of aliphatic imine (C=N–C) groups is 1. The van der Waals surface area contributed by atoms with Gasteiger partial charge in [0.2, 0.25) is 5.91 Å². The van der Waals surface area contributed by atoms with Crippen molar-refractivity contribution < 1.29 is 4.79 Å². The maximum Gasteiger partial charge on any atom is 0.221 e. The van der Waals surface area contributed by atoms with Crippen LogP contribution in [0.5, 0.6) is 0 Å². The van der Waals surface area contributed by atoms with Crippen molar-refractivity contribution in [2.24, 2.45) is 4.99 Å². The van der Waals surface area contributed by atoms with Crippen molar-refractivity contribution in [3.8, 4) is 0 Å². The Balaban J connectivity index is 1.69. The quantitative estimate of drug-likeness (QED) is 0.532. The second kappa shape index (κ2) is 10.1. The van der Waals surface area contributed by atoms with Crippen molar-refractivity contribution >= 4 is 17.6 Å². The molecule has 132 valence electrons. The van der Waals surface area contributed by atoms with E-state index < -0.39 is 0 Å². The van der Waals surface area contributed by atoms with Gasteiger partial charge in [0.1, 0.15) is 0 Å². The summed E-state index contributed by atoms with van der Waals surface area (Å²) in [5, 5.41) is 9.35. The van der Waals surface area contributed by atoms with Gasteiger partial charge in [-0.25, -0.2) is 0 Å². The molecule has 0 spiro atoms. The molecule has 0 saturated carbocycles. The molecule has 0 aliphatic rings. The predicted octanol–water partition coefficient (Wildman–Crippen LogP) is 1.99. The Labute approximate surface area is 148 Å². The van der Waals surface area contributed by atoms with Crippen molar-refractivity contribution in [1.29, 1.82) is 0 Å². The maximum atomic E-state index is 11.0. The first-order valence-electron chi connectivity index (χ1n) is 8.38. The van der Waals surface area contributed by atoms with Gasteiger partial charge in [0.05, 0.1) is 0 Å². The lowest BCUT2D eigenvalue weighted by Crippen LogP contribution is -2.39. The summed E-state index contributed by atoms with van der Waals surface area (Å²) in [7, 11) is 1.76. The van der Waals surface area contributed by atoms with Crippen LogP contribution < -0.4 is 16.0 Å². The number of pyridine rings is 1. The van der Waals surface area contributed by atoms with Gasteiger partial charge in [-0.3, -0.25) is 14.8 Å². The number of nitrogens with one attached hydrogen (secondary N) is 3. The van der Waals surface area contributed by atoms with Gasteiger partial charge < -0.3 is 16.0 Å². The van der Waals surface area contributed by atoms with Crippen LogP contribution in [0.2, 0.25) is 0 Å². The monoisotopic (exact) mass is 339 g/mol. The molecule has 25 heavy (non-hydrogen) atoms. The summed E-state index contributed by atoms with van der Waals surface area (Å²) in [6, 6.07) is 13.8. The molecule has 0 fully saturated rings. The fourth-order valence-electron chi connectivity index (χ4n) is 2.36. The second-order valence-corrected chi connectivity index (χ2v) is 5.62. The normalized spacial score (nSPS) is 11.0. The van der Waals surface area contributed by atoms with E-state index in [2.05, 4.69) is 25.9 Å². The minimum Gasteiger partial charge on any atom is -0.356 e. The lowest BCUT2D eigenvalue weighted by Gasteiger charge is -2.12. The number of aromatic nitrogens is 1. The molecule has 0 unspecified atom stereocenters. The van der Waals surface area contributed by atoms with E-state index in [0.717, 1.165) is 43.3 Å². The van der Waals surface area contributed by atoms with E-state index in [1.165, 1.54) is 12.5 Å². The van der Waals surface area contributed by atoms with E-state index in [1.807, 2.05) is 42.5 Å². The largest absolute Gasteiger partial charge is 0.356 e. The molecule has 1 amide bonds. The maximum absolute atomic E-state index is 11.0. The second-order valence-electron chi connectivity index (χ2n) is 5.62. The van der Waals surface area contributed by atoms with Crippen LogP contribution >= 0.6 is 0 Å². The average Bonchev–Trinajstić information content (AvgIpc) is 2.62. The third kappa shape index (κ3) is 7.03. The summed E-state index contributed by atoms with van der Waals surface area (Å²) in [4.78, 5) is 19.5. The molecule has 0 bridgehead atoms. The minimum atomic E-state index is -0.0602. The number of carbonyl (C=O) groups excluding carboxylic acids is 1. The predicted molar refractivity (Wildman–Crippen MR) is 102 cm³/mol. The van der Waals surface area contributed by atoms with Crippen molar-refractivity contribution in [3.05, 3.63) is 59.9 Å². The molecule has 0 radical (unpaired) electrons. The Kier molecular flexibility index (Phi) is 7.43. The van der Waals surface area contributed by atoms with Crippen LogP contribution in [0.1, 0.15) is 18.2 Å². The van der Waals surface area contributed by atoms with Gasteiger partial charge in [0.25, 0.3) is 0 Å². The van der Waals surface area contributed by atoms with E-state index in [4.69, 9.17) is 0 Å². The highest BCUT2D eigenvalue weighted by atomic mass is 16.1. The van der Waals surface area contributed by atoms with Gasteiger partial charge in [-0.2, -0.15) is 0 Å². The van der Waals surface area contributed by atoms with Crippen LogP contribution in [0.15, 0.2) is 53.7 Å². The van der Waals surface area contributed by atoms with Crippen molar-refractivity contribution in [1.82, 2.24) is 15.6 Å². The number of anilines is 1. The van der Waals surface area contributed by atoms with E-state index in [-0.39, 0.29) is 5.91 Å². The number of hydrogen-bond donors (Lipinski definition) is 3. The SMILES string of the molecule is CN=C(NCCc1ccc(NC(C)=O)cc1)NCCc1ccccn1. The summed E-state index contributed by atoms with van der Waals surface area (Å²) in [5.74, 6) is 0.723. The number of amides is 1. The van der Waals surface area contributed by atoms with Crippen molar-refractivity contribution in [2.75, 3.05) is 25.5 Å². The third-order valence-corrected chi connectivity index (χ3v) is 3.60. The Morgan fingerprint density at radius 2 is 1.76 bits per heavy atom. The van der Waals surface area contributed by atoms with E-state index in [9.17, 15) is 4.79 Å². The van der Waals surface area contributed by atoms with Crippen LogP contribution in [0.4, 0.5) is 5.69 Å². The summed E-state index contributed by atoms with van der Waals surface area (Å²) < 4.78 is 0. The highest BCUT2D eigenvalue weighted by Crippen LogP contribution is 2.09. The van der Waals surface area contributed by atoms with Gasteiger partial charge in [-0.1, -0.05) is 18.2 Å². The molecule has 2 rings (SSSR count). The lowest BCUT2D eigenvalue weighted by molar-refractivity contribution is -0.114. The molecule has 0 aliphatic heterocycles. The molecule has 1 aromatic heterocycles. The van der Waals surface area contributed by atoms with Gasteiger partial charge in [0.15, 0.2) is 5.96 Å². The Morgan fingerprint density at radius 1 is 1.04 bits per heavy atom. The van der Waals surface area contributed by atoms with E-state index >= 15 is 0 Å². The Bertz CT molecular complexity index is 683. The number of hydrogen-bond acceptors (Lipinski definition) is 3. The molecule has 0 saturated heterocycles. The number of carbonyl (C=O) groups is 1. The third-order valence-electron chi connectivity index (χ3n) is 3.60. The first-order chi connectivity index (χ1) is 12.2. The molecule has 0 aliphatic carbocycles. The van der Waals surface area contributed by atoms with Gasteiger partial charge in [-0.05, 0) is 36.2 Å². The fourth-order valence-corrected chi connectivity index (χ4v) is 2.36. The molecule has 2 aromatic rings. The smallest absolute Gasteiger partial charge is 0.221 e. The van der Waals surface area contributed by atoms with Crippen molar-refractivity contribution in [3.63, 3.8) is 0 Å². The van der Waals surface area contributed by atoms with Crippen LogP contribution in [-0.4, -0.2) is 37.0 Å². The van der Waals surface area contributed by atoms with Crippen LogP contribution in [0, 0.1) is 0 Å². The lowest BCUT2D eigenvalue weighted by atomic mass is 10.1. The highest BCUT2D eigenvalue weighted by molar-refractivity contribution is 5.88. The summed E-state index contributed by atoms with van der Waals surface area (Å²) in [5.41, 5.74) is 3.08. The van der Waals surface area contributed by atoms with Crippen LogP contribution in [0.3, 0.4) is 0 Å². The van der Waals surface area contributed by atoms with E-state index in [1.54, 1.807) is 13.2 Å². The molecule has 3 N–H and O–H groups in total. The summed E-state index contributed by atoms with van der Waals surface area (Å²) in [6.45, 7) is 3.06. The Hall–Kier alpha value is -2.89. The average molecular weight is 339 g/mol. The Morgan fingerprint density at radius 3 is 2.36 bits per heavy atom. The van der Waals surface area contributed by atoms with Crippen molar-refractivity contribution in [2.45, 2.75) is 19.8 Å². The zero-order valence-electron chi connectivity index (χ0n) is 14.7. The fraction of sp³-hybridized carbons (Fsp3) is 0.316. The van der Waals surface area contributed by atoms with Crippen LogP contribution in [0.25, 0.3) is 0 Å². The summed E-state index contributed by atoms with van der Waals surface area (Å²) >= 11 is 0. The first kappa shape index (κ1) is 18.4. The van der Waals surface area contributed by atoms with Gasteiger partial charge >= 0.3 is 0 Å². The molecular weight excluding hydrogens is 314 g/mol. The molecule has 6 nitrogen and oxygen atoms in total. The number of rotatable bonds is 7. The van der Waals surface area contributed by atoms with E-state index in [0.29, 0.717) is 0 Å². The first-order valence-corrected chi connectivity index (χ1v) is 8.38. The number of benzene rings is 1. The molecule has 1 heterocycles. The number of guanidine groups is 1. The highest BCUT2D eigenvalue weighted by Gasteiger charge is 2.00. The topological polar surface area (TPSA) is 78.4 Å². The zero-order valence-corrected chi connectivity index (χ0v) is 14.7.